The lowest BCUT2D eigenvalue weighted by atomic mass is 10.3. The Morgan fingerprint density at radius 1 is 1.29 bits per heavy atom. The molecule has 0 radical (unpaired) electrons. The average molecular weight is 204 g/mol. The minimum atomic E-state index is -1.23. The summed E-state index contributed by atoms with van der Waals surface area (Å²) in [5.74, 6) is -1.53. The van der Waals surface area contributed by atoms with Crippen LogP contribution in [0.1, 0.15) is 39.5 Å². The highest BCUT2D eigenvalue weighted by Crippen LogP contribution is 1.99. The second-order valence-corrected chi connectivity index (χ2v) is 2.89. The molecule has 0 saturated heterocycles. The normalized spacial score (nSPS) is 11.9. The van der Waals surface area contributed by atoms with Crippen LogP contribution in [-0.2, 0) is 19.4 Å². The van der Waals surface area contributed by atoms with Gasteiger partial charge in [-0.05, 0) is 12.8 Å². The van der Waals surface area contributed by atoms with Crippen molar-refractivity contribution in [3.63, 3.8) is 0 Å². The molecule has 0 bridgehead atoms. The standard InChI is InChI=1S/C9H16O5/c1-3-5-6-8(11)13-14-9(12)7(10)4-2/h7,10H,3-6H2,1-2H3. The Morgan fingerprint density at radius 3 is 2.43 bits per heavy atom. The van der Waals surface area contributed by atoms with Gasteiger partial charge in [-0.25, -0.2) is 19.4 Å². The SMILES string of the molecule is CCCCC(=O)OOC(=O)C(O)CC. The van der Waals surface area contributed by atoms with Crippen LogP contribution in [0, 0.1) is 0 Å². The Balaban J connectivity index is 3.61. The summed E-state index contributed by atoms with van der Waals surface area (Å²) in [7, 11) is 0. The van der Waals surface area contributed by atoms with Gasteiger partial charge >= 0.3 is 11.9 Å². The molecule has 0 spiro atoms. The summed E-state index contributed by atoms with van der Waals surface area (Å²) in [5, 5.41) is 8.95. The van der Waals surface area contributed by atoms with Crippen LogP contribution >= 0.6 is 0 Å². The highest BCUT2D eigenvalue weighted by molar-refractivity contribution is 5.75. The van der Waals surface area contributed by atoms with E-state index in [2.05, 4.69) is 9.78 Å². The van der Waals surface area contributed by atoms with Gasteiger partial charge in [-0.15, -0.1) is 0 Å². The van der Waals surface area contributed by atoms with Gasteiger partial charge in [0.1, 0.15) is 0 Å². The number of aliphatic hydroxyl groups excluding tert-OH is 1. The second kappa shape index (κ2) is 7.32. The first kappa shape index (κ1) is 12.9. The first-order chi connectivity index (χ1) is 6.61. The number of rotatable bonds is 5. The Morgan fingerprint density at radius 2 is 1.93 bits per heavy atom. The third-order valence-electron chi connectivity index (χ3n) is 1.61. The van der Waals surface area contributed by atoms with Crippen LogP contribution in [0.15, 0.2) is 0 Å². The zero-order chi connectivity index (χ0) is 11.0. The van der Waals surface area contributed by atoms with Crippen LogP contribution in [0.3, 0.4) is 0 Å². The summed E-state index contributed by atoms with van der Waals surface area (Å²) in [5.41, 5.74) is 0. The summed E-state index contributed by atoms with van der Waals surface area (Å²) in [6.45, 7) is 3.55. The van der Waals surface area contributed by atoms with Crippen LogP contribution in [0.4, 0.5) is 0 Å². The molecule has 0 rings (SSSR count). The van der Waals surface area contributed by atoms with E-state index in [1.165, 1.54) is 0 Å². The van der Waals surface area contributed by atoms with Crippen molar-refractivity contribution in [1.82, 2.24) is 0 Å². The van der Waals surface area contributed by atoms with E-state index in [-0.39, 0.29) is 12.8 Å². The number of hydrogen-bond acceptors (Lipinski definition) is 5. The van der Waals surface area contributed by atoms with E-state index in [0.717, 1.165) is 6.42 Å². The molecule has 0 aliphatic rings. The van der Waals surface area contributed by atoms with Gasteiger partial charge in [0.15, 0.2) is 6.10 Å². The lowest BCUT2D eigenvalue weighted by Crippen LogP contribution is -2.23. The zero-order valence-corrected chi connectivity index (χ0v) is 8.49. The van der Waals surface area contributed by atoms with Crippen molar-refractivity contribution in [1.29, 1.82) is 0 Å². The number of carbonyl (C=O) groups is 2. The quantitative estimate of drug-likeness (QED) is 0.533. The van der Waals surface area contributed by atoms with Gasteiger partial charge in [-0.3, -0.25) is 0 Å². The number of unbranched alkanes of at least 4 members (excludes halogenated alkanes) is 1. The Labute approximate surface area is 82.9 Å². The molecule has 5 heteroatoms. The van der Waals surface area contributed by atoms with Gasteiger partial charge < -0.3 is 5.11 Å². The molecule has 14 heavy (non-hydrogen) atoms. The summed E-state index contributed by atoms with van der Waals surface area (Å²) in [6.07, 6.45) is 0.763. The second-order valence-electron chi connectivity index (χ2n) is 2.89. The third-order valence-corrected chi connectivity index (χ3v) is 1.61. The minimum Gasteiger partial charge on any atom is -0.381 e. The van der Waals surface area contributed by atoms with Gasteiger partial charge in [0.25, 0.3) is 0 Å². The number of hydrogen-bond donors (Lipinski definition) is 1. The van der Waals surface area contributed by atoms with Gasteiger partial charge in [0, 0.05) is 0 Å². The van der Waals surface area contributed by atoms with Crippen molar-refractivity contribution in [3.8, 4) is 0 Å². The first-order valence-electron chi connectivity index (χ1n) is 4.71. The molecule has 82 valence electrons. The van der Waals surface area contributed by atoms with E-state index in [4.69, 9.17) is 5.11 Å². The summed E-state index contributed by atoms with van der Waals surface area (Å²) < 4.78 is 0. The van der Waals surface area contributed by atoms with E-state index < -0.39 is 18.0 Å². The highest BCUT2D eigenvalue weighted by Gasteiger charge is 2.17. The summed E-state index contributed by atoms with van der Waals surface area (Å²) in [6, 6.07) is 0. The molecule has 1 unspecified atom stereocenters. The fourth-order valence-electron chi connectivity index (χ4n) is 0.673. The molecule has 0 aliphatic carbocycles. The maximum atomic E-state index is 10.8. The molecule has 0 aromatic carbocycles. The zero-order valence-electron chi connectivity index (χ0n) is 8.49. The molecule has 0 aromatic heterocycles. The predicted molar refractivity (Wildman–Crippen MR) is 48.0 cm³/mol. The van der Waals surface area contributed by atoms with Gasteiger partial charge in [0.05, 0.1) is 6.42 Å². The van der Waals surface area contributed by atoms with Crippen LogP contribution < -0.4 is 0 Å². The molecule has 0 aliphatic heterocycles. The monoisotopic (exact) mass is 204 g/mol. The maximum Gasteiger partial charge on any atom is 0.383 e. The van der Waals surface area contributed by atoms with Crippen molar-refractivity contribution >= 4 is 11.9 Å². The number of aliphatic hydroxyl groups is 1. The van der Waals surface area contributed by atoms with Crippen LogP contribution in [-0.4, -0.2) is 23.1 Å². The Kier molecular flexibility index (Phi) is 6.74. The van der Waals surface area contributed by atoms with Crippen molar-refractivity contribution in [2.45, 2.75) is 45.6 Å². The highest BCUT2D eigenvalue weighted by atomic mass is 17.2. The predicted octanol–water partition coefficient (Wildman–Crippen LogP) is 0.949. The van der Waals surface area contributed by atoms with Gasteiger partial charge in [-0.2, -0.15) is 0 Å². The van der Waals surface area contributed by atoms with Crippen LogP contribution in [0.2, 0.25) is 0 Å². The van der Waals surface area contributed by atoms with E-state index in [1.54, 1.807) is 6.92 Å². The van der Waals surface area contributed by atoms with E-state index in [9.17, 15) is 9.59 Å². The molecular formula is C9H16O5. The first-order valence-corrected chi connectivity index (χ1v) is 4.71. The lowest BCUT2D eigenvalue weighted by molar-refractivity contribution is -0.264. The molecule has 0 amide bonds. The van der Waals surface area contributed by atoms with Crippen molar-refractivity contribution in [2.24, 2.45) is 0 Å². The average Bonchev–Trinajstić information content (AvgIpc) is 2.21. The van der Waals surface area contributed by atoms with Crippen LogP contribution in [0.5, 0.6) is 0 Å². The van der Waals surface area contributed by atoms with E-state index in [0.29, 0.717) is 6.42 Å². The molecule has 1 N–H and O–H groups in total. The Hall–Kier alpha value is -1.10. The topological polar surface area (TPSA) is 72.8 Å². The Bertz CT molecular complexity index is 190. The molecule has 0 fully saturated rings. The van der Waals surface area contributed by atoms with Gasteiger partial charge in [0.2, 0.25) is 0 Å². The van der Waals surface area contributed by atoms with Gasteiger partial charge in [-0.1, -0.05) is 20.3 Å². The number of carbonyl (C=O) groups excluding carboxylic acids is 2. The lowest BCUT2D eigenvalue weighted by Gasteiger charge is -2.05. The molecule has 0 heterocycles. The molecule has 0 saturated carbocycles. The fourth-order valence-corrected chi connectivity index (χ4v) is 0.673. The molecular weight excluding hydrogens is 188 g/mol. The maximum absolute atomic E-state index is 10.8. The summed E-state index contributed by atoms with van der Waals surface area (Å²) in [4.78, 5) is 29.9. The summed E-state index contributed by atoms with van der Waals surface area (Å²) >= 11 is 0. The molecule has 0 aromatic rings. The largest absolute Gasteiger partial charge is 0.383 e. The minimum absolute atomic E-state index is 0.214. The van der Waals surface area contributed by atoms with Crippen LogP contribution in [0.25, 0.3) is 0 Å². The van der Waals surface area contributed by atoms with Crippen molar-refractivity contribution in [3.05, 3.63) is 0 Å². The molecule has 1 atom stereocenters. The molecule has 5 nitrogen and oxygen atoms in total. The van der Waals surface area contributed by atoms with Crippen molar-refractivity contribution in [2.75, 3.05) is 0 Å². The smallest absolute Gasteiger partial charge is 0.381 e. The fraction of sp³-hybridized carbons (Fsp3) is 0.778. The van der Waals surface area contributed by atoms with E-state index in [1.807, 2.05) is 6.92 Å². The van der Waals surface area contributed by atoms with Crippen molar-refractivity contribution < 1.29 is 24.5 Å². The van der Waals surface area contributed by atoms with E-state index >= 15 is 0 Å². The third kappa shape index (κ3) is 5.53.